The van der Waals surface area contributed by atoms with Crippen molar-refractivity contribution < 1.29 is 30.0 Å². The van der Waals surface area contributed by atoms with Gasteiger partial charge in [0.25, 0.3) is 0 Å². The Morgan fingerprint density at radius 1 is 1.00 bits per heavy atom. The Balaban J connectivity index is 4.25. The van der Waals surface area contributed by atoms with Gasteiger partial charge in [0.15, 0.2) is 0 Å². The average molecular weight is 295 g/mol. The molecule has 0 radical (unpaired) electrons. The molecule has 4 nitrogen and oxygen atoms in total. The van der Waals surface area contributed by atoms with Crippen LogP contribution in [0.1, 0.15) is 27.2 Å². The van der Waals surface area contributed by atoms with E-state index in [0.717, 1.165) is 10.5 Å². The Bertz CT molecular complexity index is 177. The van der Waals surface area contributed by atoms with Crippen molar-refractivity contribution in [3.63, 3.8) is 0 Å². The van der Waals surface area contributed by atoms with Crippen molar-refractivity contribution in [3.05, 3.63) is 11.4 Å². The molecule has 0 aromatic heterocycles. The molecule has 0 saturated heterocycles. The van der Waals surface area contributed by atoms with Crippen LogP contribution in [-0.4, -0.2) is 26.4 Å². The predicted molar refractivity (Wildman–Crippen MR) is 55.8 cm³/mol. The average Bonchev–Trinajstić information content (AvgIpc) is 2.19. The molecule has 0 fully saturated rings. The summed E-state index contributed by atoms with van der Waals surface area (Å²) in [6.07, 6.45) is 0.819. The van der Waals surface area contributed by atoms with Crippen LogP contribution in [0.2, 0.25) is 4.13 Å². The Morgan fingerprint density at radius 2 is 1.47 bits per heavy atom. The predicted octanol–water partition coefficient (Wildman–Crippen LogP) is 2.72. The summed E-state index contributed by atoms with van der Waals surface area (Å²) < 4.78 is 18.0. The summed E-state index contributed by atoms with van der Waals surface area (Å²) in [6, 6.07) is 0. The SMILES string of the molecule is [C-]#[N+]CC[CH2][Zr]([O]CC)([O]CC)[O]CC. The Morgan fingerprint density at radius 3 is 1.80 bits per heavy atom. The van der Waals surface area contributed by atoms with Crippen LogP contribution in [0.25, 0.3) is 4.85 Å². The van der Waals surface area contributed by atoms with E-state index in [9.17, 15) is 0 Å². The first kappa shape index (κ1) is 15.3. The molecule has 0 rings (SSSR count). The molecule has 88 valence electrons. The molecule has 0 unspecified atom stereocenters. The number of rotatable bonds is 9. The third-order valence-corrected chi connectivity index (χ3v) is 9.59. The summed E-state index contributed by atoms with van der Waals surface area (Å²) in [6.45, 7) is 15.0. The molecule has 15 heavy (non-hydrogen) atoms. The third kappa shape index (κ3) is 6.42. The molecule has 5 heteroatoms. The minimum absolute atomic E-state index is 0.534. The summed E-state index contributed by atoms with van der Waals surface area (Å²) in [5, 5.41) is 0. The molecule has 0 atom stereocenters. The summed E-state index contributed by atoms with van der Waals surface area (Å²) in [7, 11) is 0. The standard InChI is InChI=1S/C4H6N.3C2H5O.Zr/c1-3-4-5-2;3*1-2-3;/h1,3-4H2;3*2H2,1H3;/q;3*-1;+3. The van der Waals surface area contributed by atoms with Crippen molar-refractivity contribution in [2.75, 3.05) is 26.4 Å². The van der Waals surface area contributed by atoms with Gasteiger partial charge in [-0.2, -0.15) is 0 Å². The van der Waals surface area contributed by atoms with Crippen molar-refractivity contribution in [3.8, 4) is 0 Å². The van der Waals surface area contributed by atoms with E-state index in [-0.39, 0.29) is 0 Å². The molecular formula is C10H21NO3Zr. The van der Waals surface area contributed by atoms with Gasteiger partial charge in [0.1, 0.15) is 0 Å². The first-order chi connectivity index (χ1) is 7.24. The van der Waals surface area contributed by atoms with E-state index in [4.69, 9.17) is 15.0 Å². The second kappa shape index (κ2) is 9.48. The third-order valence-electron chi connectivity index (χ3n) is 1.85. The Labute approximate surface area is 99.0 Å². The van der Waals surface area contributed by atoms with Crippen LogP contribution in [0.4, 0.5) is 0 Å². The van der Waals surface area contributed by atoms with E-state index < -0.39 is 21.6 Å². The topological polar surface area (TPSA) is 32.0 Å². The van der Waals surface area contributed by atoms with Gasteiger partial charge in [-0.25, -0.2) is 0 Å². The van der Waals surface area contributed by atoms with Gasteiger partial charge >= 0.3 is 99.1 Å². The molecule has 0 bridgehead atoms. The Hall–Kier alpha value is 0.253. The number of hydrogen-bond donors (Lipinski definition) is 0. The minimum atomic E-state index is -3.26. The number of nitrogens with zero attached hydrogens (tertiary/aromatic N) is 1. The fourth-order valence-corrected chi connectivity index (χ4v) is 7.75. The van der Waals surface area contributed by atoms with Crippen molar-refractivity contribution >= 4 is 0 Å². The quantitative estimate of drug-likeness (QED) is 0.484. The van der Waals surface area contributed by atoms with E-state index in [1.807, 2.05) is 20.8 Å². The molecule has 0 spiro atoms. The van der Waals surface area contributed by atoms with Crippen LogP contribution >= 0.6 is 0 Å². The maximum absolute atomic E-state index is 6.74. The van der Waals surface area contributed by atoms with E-state index in [1.165, 1.54) is 0 Å². The van der Waals surface area contributed by atoms with Gasteiger partial charge in [-0.15, -0.1) is 0 Å². The molecule has 0 N–H and O–H groups in total. The van der Waals surface area contributed by atoms with Crippen LogP contribution in [0.5, 0.6) is 0 Å². The van der Waals surface area contributed by atoms with Crippen molar-refractivity contribution in [2.24, 2.45) is 0 Å². The molecule has 0 aromatic rings. The van der Waals surface area contributed by atoms with Crippen LogP contribution in [-0.2, 0) is 30.0 Å². The molecule has 0 aliphatic rings. The summed E-state index contributed by atoms with van der Waals surface area (Å²) in [5.74, 6) is 0. The number of hydrogen-bond acceptors (Lipinski definition) is 3. The molecule has 0 saturated carbocycles. The molecule has 0 aliphatic carbocycles. The van der Waals surface area contributed by atoms with Crippen molar-refractivity contribution in [1.82, 2.24) is 0 Å². The van der Waals surface area contributed by atoms with E-state index in [0.29, 0.717) is 26.4 Å². The molecule has 0 amide bonds. The van der Waals surface area contributed by atoms with Gasteiger partial charge in [-0.05, 0) is 0 Å². The van der Waals surface area contributed by atoms with Gasteiger partial charge in [-0.3, -0.25) is 0 Å². The summed E-state index contributed by atoms with van der Waals surface area (Å²) in [5.41, 5.74) is 0. The maximum atomic E-state index is 6.74. The van der Waals surface area contributed by atoms with Gasteiger partial charge in [0.2, 0.25) is 0 Å². The molecule has 0 aliphatic heterocycles. The van der Waals surface area contributed by atoms with Gasteiger partial charge in [0.05, 0.1) is 0 Å². The first-order valence-corrected chi connectivity index (χ1v) is 10.2. The first-order valence-electron chi connectivity index (χ1n) is 5.49. The van der Waals surface area contributed by atoms with Crippen LogP contribution < -0.4 is 0 Å². The zero-order valence-corrected chi connectivity index (χ0v) is 12.4. The van der Waals surface area contributed by atoms with Gasteiger partial charge in [0, 0.05) is 0 Å². The monoisotopic (exact) mass is 293 g/mol. The molecule has 0 heterocycles. The van der Waals surface area contributed by atoms with E-state index in [2.05, 4.69) is 4.85 Å². The Kier molecular flexibility index (Phi) is 9.64. The second-order valence-corrected chi connectivity index (χ2v) is 9.68. The van der Waals surface area contributed by atoms with Gasteiger partial charge in [-0.1, -0.05) is 0 Å². The summed E-state index contributed by atoms with van der Waals surface area (Å²) >= 11 is -3.26. The normalized spacial score (nSPS) is 11.3. The molecular weight excluding hydrogens is 273 g/mol. The fourth-order valence-electron chi connectivity index (χ4n) is 1.38. The van der Waals surface area contributed by atoms with E-state index >= 15 is 0 Å². The van der Waals surface area contributed by atoms with Crippen LogP contribution in [0, 0.1) is 6.57 Å². The summed E-state index contributed by atoms with van der Waals surface area (Å²) in [4.78, 5) is 3.34. The van der Waals surface area contributed by atoms with Crippen molar-refractivity contribution in [1.29, 1.82) is 0 Å². The zero-order valence-electron chi connectivity index (χ0n) is 9.91. The van der Waals surface area contributed by atoms with Gasteiger partial charge < -0.3 is 0 Å². The van der Waals surface area contributed by atoms with Crippen LogP contribution in [0.3, 0.4) is 0 Å². The zero-order chi connectivity index (χ0) is 11.6. The second-order valence-electron chi connectivity index (χ2n) is 2.97. The van der Waals surface area contributed by atoms with E-state index in [1.54, 1.807) is 0 Å². The van der Waals surface area contributed by atoms with Crippen molar-refractivity contribution in [2.45, 2.75) is 31.3 Å². The van der Waals surface area contributed by atoms with Crippen LogP contribution in [0.15, 0.2) is 0 Å². The fraction of sp³-hybridized carbons (Fsp3) is 0.900. The molecule has 0 aromatic carbocycles.